The molecule has 4 heteroatoms. The molecule has 17 heavy (non-hydrogen) atoms. The van der Waals surface area contributed by atoms with Gasteiger partial charge in [-0.25, -0.2) is 4.98 Å². The summed E-state index contributed by atoms with van der Waals surface area (Å²) in [6.45, 7) is 2.62. The smallest absolute Gasteiger partial charge is 0.128 e. The third-order valence-electron chi connectivity index (χ3n) is 2.98. The first kappa shape index (κ1) is 12.8. The van der Waals surface area contributed by atoms with E-state index >= 15 is 0 Å². The number of hydrogen-bond acceptors (Lipinski definition) is 3. The van der Waals surface area contributed by atoms with Gasteiger partial charge in [-0.1, -0.05) is 22.0 Å². The summed E-state index contributed by atoms with van der Waals surface area (Å²) >= 11 is 3.42. The van der Waals surface area contributed by atoms with Crippen molar-refractivity contribution < 1.29 is 4.74 Å². The third-order valence-corrected chi connectivity index (χ3v) is 3.62. The molecule has 0 radical (unpaired) electrons. The minimum absolute atomic E-state index is 0.787. The van der Waals surface area contributed by atoms with Crippen molar-refractivity contribution in [3.63, 3.8) is 0 Å². The zero-order valence-electron chi connectivity index (χ0n) is 10.2. The number of anilines is 1. The molecule has 1 aliphatic rings. The van der Waals surface area contributed by atoms with E-state index in [1.807, 2.05) is 6.20 Å². The Kier molecular flexibility index (Phi) is 4.80. The highest BCUT2D eigenvalue weighted by Crippen LogP contribution is 2.28. The number of likely N-dealkylation sites (N-methyl/N-ethyl adjacent to an activating group) is 1. The molecule has 1 aromatic heterocycles. The molecule has 0 aliphatic heterocycles. The summed E-state index contributed by atoms with van der Waals surface area (Å²) in [7, 11) is 2.05. The molecule has 0 amide bonds. The second-order valence-electron chi connectivity index (χ2n) is 4.60. The van der Waals surface area contributed by atoms with Crippen molar-refractivity contribution in [1.82, 2.24) is 4.98 Å². The molecule has 1 aromatic rings. The monoisotopic (exact) mass is 298 g/mol. The standard InChI is InChI=1S/C13H19BrN2O/c1-16(6-7-17-10-11-2-3-11)13-5-4-12(8-14)9-15-13/h4-5,9,11H,2-3,6-8,10H2,1H3. The summed E-state index contributed by atoms with van der Waals surface area (Å²) in [6.07, 6.45) is 4.61. The van der Waals surface area contributed by atoms with Crippen LogP contribution in [0.4, 0.5) is 5.82 Å². The van der Waals surface area contributed by atoms with Gasteiger partial charge in [0, 0.05) is 31.7 Å². The molecular formula is C13H19BrN2O. The molecule has 0 aromatic carbocycles. The SMILES string of the molecule is CN(CCOCC1CC1)c1ccc(CBr)cn1. The Morgan fingerprint density at radius 1 is 1.47 bits per heavy atom. The third kappa shape index (κ3) is 4.28. The average molecular weight is 299 g/mol. The fourth-order valence-electron chi connectivity index (χ4n) is 1.57. The van der Waals surface area contributed by atoms with E-state index in [0.29, 0.717) is 0 Å². The van der Waals surface area contributed by atoms with Crippen molar-refractivity contribution in [3.8, 4) is 0 Å². The first-order chi connectivity index (χ1) is 8.29. The molecule has 2 rings (SSSR count). The van der Waals surface area contributed by atoms with E-state index < -0.39 is 0 Å². The minimum Gasteiger partial charge on any atom is -0.379 e. The largest absolute Gasteiger partial charge is 0.379 e. The lowest BCUT2D eigenvalue weighted by Gasteiger charge is -2.18. The fourth-order valence-corrected chi connectivity index (χ4v) is 1.90. The normalized spacial score (nSPS) is 14.9. The Bertz CT molecular complexity index is 338. The highest BCUT2D eigenvalue weighted by Gasteiger charge is 2.20. The Balaban J connectivity index is 1.71. The van der Waals surface area contributed by atoms with E-state index in [1.165, 1.54) is 18.4 Å². The number of ether oxygens (including phenoxy) is 1. The second-order valence-corrected chi connectivity index (χ2v) is 5.16. The average Bonchev–Trinajstić information content (AvgIpc) is 3.18. The Hall–Kier alpha value is -0.610. The number of aromatic nitrogens is 1. The van der Waals surface area contributed by atoms with Crippen LogP contribution in [0, 0.1) is 5.92 Å². The maximum absolute atomic E-state index is 5.62. The number of rotatable bonds is 7. The van der Waals surface area contributed by atoms with Gasteiger partial charge in [-0.15, -0.1) is 0 Å². The van der Waals surface area contributed by atoms with E-state index in [4.69, 9.17) is 4.74 Å². The lowest BCUT2D eigenvalue weighted by atomic mass is 10.3. The number of nitrogens with zero attached hydrogens (tertiary/aromatic N) is 2. The molecule has 1 heterocycles. The lowest BCUT2D eigenvalue weighted by molar-refractivity contribution is 0.131. The number of alkyl halides is 1. The minimum atomic E-state index is 0.787. The van der Waals surface area contributed by atoms with Crippen LogP contribution in [-0.4, -0.2) is 31.8 Å². The molecule has 1 fully saturated rings. The van der Waals surface area contributed by atoms with Gasteiger partial charge in [-0.2, -0.15) is 0 Å². The van der Waals surface area contributed by atoms with Crippen molar-refractivity contribution in [2.24, 2.45) is 5.92 Å². The summed E-state index contributed by atoms with van der Waals surface area (Å²) < 4.78 is 5.62. The number of pyridine rings is 1. The van der Waals surface area contributed by atoms with Crippen LogP contribution >= 0.6 is 15.9 Å². The van der Waals surface area contributed by atoms with Crippen molar-refractivity contribution >= 4 is 21.7 Å². The lowest BCUT2D eigenvalue weighted by Crippen LogP contribution is -2.23. The number of hydrogen-bond donors (Lipinski definition) is 0. The summed E-state index contributed by atoms with van der Waals surface area (Å²) in [5.74, 6) is 1.85. The predicted octanol–water partition coefficient (Wildman–Crippen LogP) is 2.84. The molecule has 1 saturated carbocycles. The van der Waals surface area contributed by atoms with Crippen molar-refractivity contribution in [2.45, 2.75) is 18.2 Å². The Morgan fingerprint density at radius 3 is 2.88 bits per heavy atom. The van der Waals surface area contributed by atoms with Crippen LogP contribution in [0.15, 0.2) is 18.3 Å². The van der Waals surface area contributed by atoms with Gasteiger partial charge in [0.25, 0.3) is 0 Å². The van der Waals surface area contributed by atoms with Crippen LogP contribution in [0.25, 0.3) is 0 Å². The van der Waals surface area contributed by atoms with Crippen LogP contribution in [0.3, 0.4) is 0 Å². The first-order valence-electron chi connectivity index (χ1n) is 6.09. The summed E-state index contributed by atoms with van der Waals surface area (Å²) in [5.41, 5.74) is 1.20. The molecule has 94 valence electrons. The van der Waals surface area contributed by atoms with Crippen LogP contribution in [-0.2, 0) is 10.1 Å². The molecule has 3 nitrogen and oxygen atoms in total. The second kappa shape index (κ2) is 6.36. The van der Waals surface area contributed by atoms with Crippen LogP contribution in [0.2, 0.25) is 0 Å². The van der Waals surface area contributed by atoms with Gasteiger partial charge in [-0.05, 0) is 30.4 Å². The van der Waals surface area contributed by atoms with Gasteiger partial charge in [-0.3, -0.25) is 0 Å². The van der Waals surface area contributed by atoms with Gasteiger partial charge in [0.15, 0.2) is 0 Å². The van der Waals surface area contributed by atoms with Gasteiger partial charge in [0.05, 0.1) is 6.61 Å². The van der Waals surface area contributed by atoms with Gasteiger partial charge >= 0.3 is 0 Å². The molecule has 0 bridgehead atoms. The van der Waals surface area contributed by atoms with Crippen molar-refractivity contribution in [1.29, 1.82) is 0 Å². The zero-order chi connectivity index (χ0) is 12.1. The fraction of sp³-hybridized carbons (Fsp3) is 0.615. The summed E-state index contributed by atoms with van der Waals surface area (Å²) in [5, 5.41) is 0.856. The summed E-state index contributed by atoms with van der Waals surface area (Å²) in [4.78, 5) is 6.55. The molecule has 0 spiro atoms. The van der Waals surface area contributed by atoms with Crippen molar-refractivity contribution in [2.75, 3.05) is 31.7 Å². The maximum Gasteiger partial charge on any atom is 0.128 e. The molecule has 0 unspecified atom stereocenters. The Morgan fingerprint density at radius 2 is 2.29 bits per heavy atom. The topological polar surface area (TPSA) is 25.4 Å². The van der Waals surface area contributed by atoms with Crippen LogP contribution < -0.4 is 4.90 Å². The molecule has 0 atom stereocenters. The summed E-state index contributed by atoms with van der Waals surface area (Å²) in [6, 6.07) is 4.15. The van der Waals surface area contributed by atoms with Gasteiger partial charge < -0.3 is 9.64 Å². The molecular weight excluding hydrogens is 280 g/mol. The van der Waals surface area contributed by atoms with E-state index in [2.05, 4.69) is 45.0 Å². The van der Waals surface area contributed by atoms with E-state index in [0.717, 1.165) is 36.8 Å². The van der Waals surface area contributed by atoms with Crippen LogP contribution in [0.5, 0.6) is 0 Å². The quantitative estimate of drug-likeness (QED) is 0.572. The van der Waals surface area contributed by atoms with E-state index in [9.17, 15) is 0 Å². The zero-order valence-corrected chi connectivity index (χ0v) is 11.8. The van der Waals surface area contributed by atoms with E-state index in [1.54, 1.807) is 0 Å². The number of halogens is 1. The maximum atomic E-state index is 5.62. The van der Waals surface area contributed by atoms with Crippen molar-refractivity contribution in [3.05, 3.63) is 23.9 Å². The van der Waals surface area contributed by atoms with Crippen LogP contribution in [0.1, 0.15) is 18.4 Å². The molecule has 0 saturated heterocycles. The van der Waals surface area contributed by atoms with Gasteiger partial charge in [0.2, 0.25) is 0 Å². The highest BCUT2D eigenvalue weighted by molar-refractivity contribution is 9.08. The highest BCUT2D eigenvalue weighted by atomic mass is 79.9. The molecule has 0 N–H and O–H groups in total. The van der Waals surface area contributed by atoms with E-state index in [-0.39, 0.29) is 0 Å². The predicted molar refractivity (Wildman–Crippen MR) is 73.7 cm³/mol. The van der Waals surface area contributed by atoms with Gasteiger partial charge in [0.1, 0.15) is 5.82 Å². The Labute approximate surface area is 111 Å². The first-order valence-corrected chi connectivity index (χ1v) is 7.21. The molecule has 1 aliphatic carbocycles.